The van der Waals surface area contributed by atoms with Crippen molar-refractivity contribution in [1.29, 1.82) is 5.26 Å². The molecule has 0 aliphatic rings. The highest BCUT2D eigenvalue weighted by Crippen LogP contribution is 2.32. The molecule has 20 heavy (non-hydrogen) atoms. The molecule has 2 amide bonds. The van der Waals surface area contributed by atoms with Crippen LogP contribution in [0.1, 0.15) is 0 Å². The molecule has 7 nitrogen and oxygen atoms in total. The van der Waals surface area contributed by atoms with Crippen LogP contribution in [0.15, 0.2) is 35.2 Å². The lowest BCUT2D eigenvalue weighted by atomic mass is 10.1. The molecule has 0 spiro atoms. The van der Waals surface area contributed by atoms with Crippen molar-refractivity contribution in [1.82, 2.24) is 9.29 Å². The summed E-state index contributed by atoms with van der Waals surface area (Å²) in [4.78, 5) is 15.3. The normalized spacial score (nSPS) is 9.65. The number of rotatable bonds is 3. The quantitative estimate of drug-likeness (QED) is 0.515. The Morgan fingerprint density at radius 2 is 2.40 bits per heavy atom. The summed E-state index contributed by atoms with van der Waals surface area (Å²) >= 11 is 3.68. The highest BCUT2D eigenvalue weighted by atomic mass is 32.1. The van der Waals surface area contributed by atoms with Gasteiger partial charge >= 0.3 is 6.03 Å². The van der Waals surface area contributed by atoms with Crippen molar-refractivity contribution in [2.45, 2.75) is 0 Å². The lowest BCUT2D eigenvalue weighted by Crippen LogP contribution is -2.22. The zero-order valence-corrected chi connectivity index (χ0v) is 11.3. The van der Waals surface area contributed by atoms with Gasteiger partial charge < -0.3 is 14.5 Å². The molecule has 0 fully saturated rings. The van der Waals surface area contributed by atoms with Crippen LogP contribution in [0.25, 0.3) is 11.3 Å². The third-order valence-electron chi connectivity index (χ3n) is 2.44. The Hall–Kier alpha value is -2.66. The fourth-order valence-corrected chi connectivity index (χ4v) is 1.59. The van der Waals surface area contributed by atoms with Gasteiger partial charge in [0.1, 0.15) is 5.75 Å². The SMILES string of the molecule is COc1cc(NC(=O)N(S)C#N)ccc1-c1cnco1. The fourth-order valence-electron chi connectivity index (χ4n) is 1.54. The van der Waals surface area contributed by atoms with E-state index in [1.807, 2.05) is 0 Å². The molecule has 0 aliphatic carbocycles. The molecule has 1 aromatic heterocycles. The first-order chi connectivity index (χ1) is 9.65. The number of urea groups is 1. The Labute approximate surface area is 120 Å². The number of ether oxygens (including phenoxy) is 1. The number of nitrogens with one attached hydrogen (secondary N) is 1. The van der Waals surface area contributed by atoms with Crippen LogP contribution in [-0.2, 0) is 0 Å². The van der Waals surface area contributed by atoms with Crippen molar-refractivity contribution < 1.29 is 13.9 Å². The second-order valence-electron chi connectivity index (χ2n) is 3.62. The number of hydrogen-bond donors (Lipinski definition) is 2. The molecule has 0 unspecified atom stereocenters. The molecule has 1 N–H and O–H groups in total. The van der Waals surface area contributed by atoms with Crippen molar-refractivity contribution in [3.8, 4) is 23.3 Å². The van der Waals surface area contributed by atoms with E-state index in [1.54, 1.807) is 30.6 Å². The summed E-state index contributed by atoms with van der Waals surface area (Å²) < 4.78 is 11.0. The highest BCUT2D eigenvalue weighted by Gasteiger charge is 2.13. The molecule has 1 heterocycles. The van der Waals surface area contributed by atoms with E-state index in [4.69, 9.17) is 14.4 Å². The molecule has 0 bridgehead atoms. The van der Waals surface area contributed by atoms with E-state index in [1.165, 1.54) is 13.5 Å². The number of methoxy groups -OCH3 is 1. The zero-order valence-electron chi connectivity index (χ0n) is 10.4. The highest BCUT2D eigenvalue weighted by molar-refractivity contribution is 7.78. The van der Waals surface area contributed by atoms with Crippen LogP contribution < -0.4 is 10.1 Å². The number of nitriles is 1. The van der Waals surface area contributed by atoms with Gasteiger partial charge in [0.05, 0.1) is 18.9 Å². The van der Waals surface area contributed by atoms with Crippen LogP contribution in [0.3, 0.4) is 0 Å². The minimum atomic E-state index is -0.662. The number of carbonyl (C=O) groups excluding carboxylic acids is 1. The van der Waals surface area contributed by atoms with Gasteiger partial charge in [-0.2, -0.15) is 9.57 Å². The number of nitrogens with zero attached hydrogens (tertiary/aromatic N) is 3. The smallest absolute Gasteiger partial charge is 0.345 e. The number of carbonyl (C=O) groups is 1. The van der Waals surface area contributed by atoms with Crippen molar-refractivity contribution in [2.75, 3.05) is 12.4 Å². The van der Waals surface area contributed by atoms with Gasteiger partial charge in [-0.3, -0.25) is 0 Å². The average Bonchev–Trinajstić information content (AvgIpc) is 3.00. The predicted octanol–water partition coefficient (Wildman–Crippen LogP) is 2.51. The van der Waals surface area contributed by atoms with Crippen molar-refractivity contribution in [3.05, 3.63) is 30.8 Å². The largest absolute Gasteiger partial charge is 0.496 e. The topological polar surface area (TPSA) is 91.4 Å². The molecule has 102 valence electrons. The first kappa shape index (κ1) is 13.8. The maximum Gasteiger partial charge on any atom is 0.345 e. The van der Waals surface area contributed by atoms with Gasteiger partial charge in [-0.15, -0.1) is 0 Å². The van der Waals surface area contributed by atoms with Gasteiger partial charge in [0, 0.05) is 11.8 Å². The van der Waals surface area contributed by atoms with Gasteiger partial charge in [0.2, 0.25) is 0 Å². The van der Waals surface area contributed by atoms with E-state index in [0.717, 1.165) is 0 Å². The van der Waals surface area contributed by atoms with Gasteiger partial charge in [0.25, 0.3) is 0 Å². The second-order valence-corrected chi connectivity index (χ2v) is 4.02. The molecule has 2 rings (SSSR count). The Bertz CT molecular complexity index is 651. The number of oxazole rings is 1. The van der Waals surface area contributed by atoms with Gasteiger partial charge in [-0.1, -0.05) is 0 Å². The summed E-state index contributed by atoms with van der Waals surface area (Å²) in [5.41, 5.74) is 1.16. The minimum absolute atomic E-state index is 0.462. The summed E-state index contributed by atoms with van der Waals surface area (Å²) in [5, 5.41) is 11.0. The van der Waals surface area contributed by atoms with Crippen LogP contribution in [0.5, 0.6) is 5.75 Å². The Balaban J connectivity index is 2.27. The number of benzene rings is 1. The third-order valence-corrected chi connectivity index (χ3v) is 2.71. The summed E-state index contributed by atoms with van der Waals surface area (Å²) in [6.45, 7) is 0. The Morgan fingerprint density at radius 3 is 3.00 bits per heavy atom. The van der Waals surface area contributed by atoms with E-state index >= 15 is 0 Å². The molecule has 1 aromatic carbocycles. The number of aromatic nitrogens is 1. The van der Waals surface area contributed by atoms with Crippen molar-refractivity contribution in [2.24, 2.45) is 0 Å². The van der Waals surface area contributed by atoms with Crippen LogP contribution in [0, 0.1) is 11.5 Å². The van der Waals surface area contributed by atoms with E-state index in [0.29, 0.717) is 27.1 Å². The number of amides is 2. The average molecular weight is 290 g/mol. The van der Waals surface area contributed by atoms with Crippen LogP contribution in [0.2, 0.25) is 0 Å². The van der Waals surface area contributed by atoms with Crippen molar-refractivity contribution in [3.63, 3.8) is 0 Å². The number of thiol groups is 1. The fraction of sp³-hybridized carbons (Fsp3) is 0.0833. The first-order valence-electron chi connectivity index (χ1n) is 5.42. The monoisotopic (exact) mass is 290 g/mol. The van der Waals surface area contributed by atoms with Crippen LogP contribution >= 0.6 is 12.8 Å². The van der Waals surface area contributed by atoms with Gasteiger partial charge in [0.15, 0.2) is 18.3 Å². The van der Waals surface area contributed by atoms with Gasteiger partial charge in [-0.25, -0.2) is 9.78 Å². The van der Waals surface area contributed by atoms with Crippen LogP contribution in [0.4, 0.5) is 10.5 Å². The third kappa shape index (κ3) is 2.84. The summed E-state index contributed by atoms with van der Waals surface area (Å²) in [6.07, 6.45) is 4.45. The number of anilines is 1. The maximum absolute atomic E-state index is 11.5. The number of hydrogen-bond acceptors (Lipinski definition) is 6. The molecule has 0 atom stereocenters. The lowest BCUT2D eigenvalue weighted by molar-refractivity contribution is 0.246. The molecular weight excluding hydrogens is 280 g/mol. The lowest BCUT2D eigenvalue weighted by Gasteiger charge is -2.11. The summed E-state index contributed by atoms with van der Waals surface area (Å²) in [7, 11) is 1.50. The molecular formula is C12H10N4O3S. The van der Waals surface area contributed by atoms with Crippen LogP contribution in [-0.4, -0.2) is 22.4 Å². The van der Waals surface area contributed by atoms with E-state index in [9.17, 15) is 4.79 Å². The first-order valence-corrected chi connectivity index (χ1v) is 5.82. The van der Waals surface area contributed by atoms with E-state index in [-0.39, 0.29) is 0 Å². The standard InChI is InChI=1S/C12H10N4O3S/c1-18-10-4-8(15-12(17)16(20)6-13)2-3-9(10)11-5-14-7-19-11/h2-5,7,20H,1H3,(H,15,17). The molecule has 8 heteroatoms. The molecule has 2 aromatic rings. The van der Waals surface area contributed by atoms with E-state index in [2.05, 4.69) is 23.1 Å². The molecule has 0 aliphatic heterocycles. The second kappa shape index (κ2) is 5.99. The Kier molecular flexibility index (Phi) is 4.12. The predicted molar refractivity (Wildman–Crippen MR) is 73.9 cm³/mol. The van der Waals surface area contributed by atoms with E-state index < -0.39 is 6.03 Å². The zero-order chi connectivity index (χ0) is 14.5. The molecule has 0 radical (unpaired) electrons. The van der Waals surface area contributed by atoms with Crippen molar-refractivity contribution >= 4 is 24.5 Å². The molecule has 0 saturated carbocycles. The van der Waals surface area contributed by atoms with Gasteiger partial charge in [-0.05, 0) is 24.9 Å². The maximum atomic E-state index is 11.5. The Morgan fingerprint density at radius 1 is 1.60 bits per heavy atom. The molecule has 0 saturated heterocycles. The summed E-state index contributed by atoms with van der Waals surface area (Å²) in [6, 6.07) is 4.31. The summed E-state index contributed by atoms with van der Waals surface area (Å²) in [5.74, 6) is 1.05. The minimum Gasteiger partial charge on any atom is -0.496 e.